The van der Waals surface area contributed by atoms with Gasteiger partial charge in [0.1, 0.15) is 8.24 Å². The Bertz CT molecular complexity index is 336. The molecule has 1 aliphatic rings. The predicted molar refractivity (Wildman–Crippen MR) is 103 cm³/mol. The first-order valence-corrected chi connectivity index (χ1v) is 15.1. The van der Waals surface area contributed by atoms with E-state index in [0.29, 0.717) is 5.04 Å². The van der Waals surface area contributed by atoms with Gasteiger partial charge in [0.05, 0.1) is 8.07 Å². The Morgan fingerprint density at radius 3 is 2.05 bits per heavy atom. The second-order valence-electron chi connectivity index (χ2n) is 9.24. The van der Waals surface area contributed by atoms with E-state index in [1.54, 1.807) is 0 Å². The molecule has 1 aliphatic carbocycles. The zero-order valence-electron chi connectivity index (χ0n) is 15.8. The molecule has 0 bridgehead atoms. The van der Waals surface area contributed by atoms with E-state index in [9.17, 15) is 0 Å². The first kappa shape index (κ1) is 19.2. The molecule has 0 aliphatic heterocycles. The van der Waals surface area contributed by atoms with Gasteiger partial charge in [-0.1, -0.05) is 65.8 Å². The van der Waals surface area contributed by atoms with Crippen LogP contribution in [0.3, 0.4) is 0 Å². The van der Waals surface area contributed by atoms with Crippen molar-refractivity contribution in [3.63, 3.8) is 0 Å². The van der Waals surface area contributed by atoms with Crippen molar-refractivity contribution in [2.45, 2.75) is 96.2 Å². The van der Waals surface area contributed by atoms with Crippen molar-refractivity contribution in [1.82, 2.24) is 4.57 Å². The number of hydrogen-bond acceptors (Lipinski definition) is 1. The normalized spacial score (nSPS) is 18.5. The van der Waals surface area contributed by atoms with Crippen LogP contribution >= 0.6 is 0 Å². The van der Waals surface area contributed by atoms with Crippen LogP contribution in [0.1, 0.15) is 52.9 Å². The third-order valence-electron chi connectivity index (χ3n) is 6.09. The highest BCUT2D eigenvalue weighted by atomic mass is 28.3. The SMILES string of the molecule is C=C[Si](C)(C)CCCN(C1CCCC1)[Si](C)(C)C(C)(C)C. The highest BCUT2D eigenvalue weighted by Crippen LogP contribution is 2.41. The van der Waals surface area contributed by atoms with E-state index < -0.39 is 16.3 Å². The summed E-state index contributed by atoms with van der Waals surface area (Å²) in [5.74, 6) is 0. The summed E-state index contributed by atoms with van der Waals surface area (Å²) in [5.41, 5.74) is 2.26. The van der Waals surface area contributed by atoms with Crippen molar-refractivity contribution in [3.8, 4) is 0 Å². The number of nitrogens with zero attached hydrogens (tertiary/aromatic N) is 1. The van der Waals surface area contributed by atoms with Gasteiger partial charge in [-0.15, -0.1) is 12.3 Å². The largest absolute Gasteiger partial charge is 0.321 e. The van der Waals surface area contributed by atoms with Gasteiger partial charge in [0.2, 0.25) is 0 Å². The average molecular weight is 326 g/mol. The molecule has 0 atom stereocenters. The van der Waals surface area contributed by atoms with Crippen molar-refractivity contribution < 1.29 is 0 Å². The zero-order chi connectivity index (χ0) is 16.3. The van der Waals surface area contributed by atoms with Gasteiger partial charge in [0, 0.05) is 6.04 Å². The molecule has 0 aromatic heterocycles. The first-order chi connectivity index (χ1) is 9.51. The van der Waals surface area contributed by atoms with Crippen LogP contribution in [-0.2, 0) is 0 Å². The maximum Gasteiger partial charge on any atom is 0.127 e. The molecule has 0 unspecified atom stereocenters. The molecule has 0 saturated heterocycles. The Labute approximate surface area is 136 Å². The van der Waals surface area contributed by atoms with Gasteiger partial charge in [0.15, 0.2) is 0 Å². The predicted octanol–water partition coefficient (Wildman–Crippen LogP) is 6.06. The molecule has 0 radical (unpaired) electrons. The Balaban J connectivity index is 2.76. The average Bonchev–Trinajstić information content (AvgIpc) is 2.86. The van der Waals surface area contributed by atoms with Crippen LogP contribution in [0.25, 0.3) is 0 Å². The maximum absolute atomic E-state index is 4.05. The minimum absolute atomic E-state index is 0.459. The standard InChI is InChI=1S/C18H39NSi2/c1-9-20(5,6)16-12-15-19(17-13-10-11-14-17)21(7,8)18(2,3)4/h9,17H,1,10-16H2,2-8H3. The van der Waals surface area contributed by atoms with Gasteiger partial charge >= 0.3 is 0 Å². The molecular weight excluding hydrogens is 286 g/mol. The van der Waals surface area contributed by atoms with Crippen LogP contribution < -0.4 is 0 Å². The third kappa shape index (κ3) is 5.07. The molecule has 0 aromatic rings. The molecule has 0 spiro atoms. The summed E-state index contributed by atoms with van der Waals surface area (Å²) in [6, 6.07) is 2.27. The lowest BCUT2D eigenvalue weighted by atomic mass is 10.2. The summed E-state index contributed by atoms with van der Waals surface area (Å²) in [6.45, 7) is 22.9. The van der Waals surface area contributed by atoms with E-state index >= 15 is 0 Å². The van der Waals surface area contributed by atoms with Gasteiger partial charge in [-0.3, -0.25) is 0 Å². The molecule has 124 valence electrons. The van der Waals surface area contributed by atoms with Crippen molar-refractivity contribution in [3.05, 3.63) is 12.3 Å². The molecular formula is C18H39NSi2. The third-order valence-corrected chi connectivity index (χ3v) is 14.5. The zero-order valence-corrected chi connectivity index (χ0v) is 17.8. The van der Waals surface area contributed by atoms with Crippen LogP contribution in [0.2, 0.25) is 37.3 Å². The van der Waals surface area contributed by atoms with E-state index in [2.05, 4.69) is 63.8 Å². The maximum atomic E-state index is 4.05. The summed E-state index contributed by atoms with van der Waals surface area (Å²) in [6.07, 6.45) is 7.14. The summed E-state index contributed by atoms with van der Waals surface area (Å²) in [7, 11) is -2.52. The van der Waals surface area contributed by atoms with Gasteiger partial charge in [-0.2, -0.15) is 0 Å². The first-order valence-electron chi connectivity index (χ1n) is 8.92. The summed E-state index contributed by atoms with van der Waals surface area (Å²) >= 11 is 0. The second kappa shape index (κ2) is 7.14. The molecule has 1 fully saturated rings. The van der Waals surface area contributed by atoms with Gasteiger partial charge < -0.3 is 4.57 Å². The molecule has 0 aromatic carbocycles. The van der Waals surface area contributed by atoms with Gasteiger partial charge in [-0.05, 0) is 30.8 Å². The molecule has 21 heavy (non-hydrogen) atoms. The van der Waals surface area contributed by atoms with Crippen molar-refractivity contribution in [2.75, 3.05) is 6.54 Å². The van der Waals surface area contributed by atoms with E-state index in [1.165, 1.54) is 44.7 Å². The van der Waals surface area contributed by atoms with Crippen LogP contribution in [0, 0.1) is 0 Å². The molecule has 0 N–H and O–H groups in total. The van der Waals surface area contributed by atoms with Crippen molar-refractivity contribution in [1.29, 1.82) is 0 Å². The van der Waals surface area contributed by atoms with Crippen LogP contribution in [0.15, 0.2) is 12.3 Å². The van der Waals surface area contributed by atoms with Crippen LogP contribution in [-0.4, -0.2) is 33.5 Å². The van der Waals surface area contributed by atoms with Crippen LogP contribution in [0.5, 0.6) is 0 Å². The minimum atomic E-state index is -1.38. The van der Waals surface area contributed by atoms with E-state index in [4.69, 9.17) is 0 Å². The lowest BCUT2D eigenvalue weighted by molar-refractivity contribution is 0.303. The molecule has 0 amide bonds. The quantitative estimate of drug-likeness (QED) is 0.514. The summed E-state index contributed by atoms with van der Waals surface area (Å²) < 4.78 is 2.99. The fourth-order valence-electron chi connectivity index (χ4n) is 3.37. The molecule has 3 heteroatoms. The van der Waals surface area contributed by atoms with Gasteiger partial charge in [0.25, 0.3) is 0 Å². The fourth-order valence-corrected chi connectivity index (χ4v) is 7.40. The van der Waals surface area contributed by atoms with E-state index in [0.717, 1.165) is 6.04 Å². The van der Waals surface area contributed by atoms with E-state index in [1.807, 2.05) is 0 Å². The molecule has 1 saturated carbocycles. The monoisotopic (exact) mass is 325 g/mol. The Morgan fingerprint density at radius 2 is 1.62 bits per heavy atom. The summed E-state index contributed by atoms with van der Waals surface area (Å²) in [5, 5.41) is 0.459. The lowest BCUT2D eigenvalue weighted by Crippen LogP contribution is -2.58. The van der Waals surface area contributed by atoms with Gasteiger partial charge in [-0.25, -0.2) is 0 Å². The molecule has 0 heterocycles. The fraction of sp³-hybridized carbons (Fsp3) is 0.889. The van der Waals surface area contributed by atoms with Crippen LogP contribution in [0.4, 0.5) is 0 Å². The summed E-state index contributed by atoms with van der Waals surface area (Å²) in [4.78, 5) is 0. The molecule has 1 rings (SSSR count). The van der Waals surface area contributed by atoms with Crippen molar-refractivity contribution >= 4 is 16.3 Å². The lowest BCUT2D eigenvalue weighted by Gasteiger charge is -2.49. The van der Waals surface area contributed by atoms with Crippen molar-refractivity contribution in [2.24, 2.45) is 0 Å². The minimum Gasteiger partial charge on any atom is -0.321 e. The van der Waals surface area contributed by atoms with E-state index in [-0.39, 0.29) is 0 Å². The topological polar surface area (TPSA) is 3.24 Å². The Morgan fingerprint density at radius 1 is 1.10 bits per heavy atom. The smallest absolute Gasteiger partial charge is 0.127 e. The highest BCUT2D eigenvalue weighted by Gasteiger charge is 2.43. The second-order valence-corrected chi connectivity index (χ2v) is 19.3. The number of hydrogen-bond donors (Lipinski definition) is 0. The Kier molecular flexibility index (Phi) is 6.52. The highest BCUT2D eigenvalue weighted by molar-refractivity contribution is 6.82. The molecule has 1 nitrogen and oxygen atoms in total. The Hall–Kier alpha value is 0.134. The number of rotatable bonds is 7.